The zero-order valence-corrected chi connectivity index (χ0v) is 12.6. The largest absolute Gasteiger partial charge is 0.465 e. The summed E-state index contributed by atoms with van der Waals surface area (Å²) in [5.41, 5.74) is 1.95. The van der Waals surface area contributed by atoms with Crippen molar-refractivity contribution in [1.29, 1.82) is 0 Å². The van der Waals surface area contributed by atoms with Crippen molar-refractivity contribution in [3.63, 3.8) is 0 Å². The lowest BCUT2D eigenvalue weighted by atomic mass is 10.0. The summed E-state index contributed by atoms with van der Waals surface area (Å²) in [5, 5.41) is 9.30. The molecule has 4 heteroatoms. The molecule has 1 aromatic rings. The molecule has 1 aromatic carbocycles. The monoisotopic (exact) mass is 276 g/mol. The van der Waals surface area contributed by atoms with Crippen molar-refractivity contribution in [1.82, 2.24) is 9.80 Å². The lowest BCUT2D eigenvalue weighted by Gasteiger charge is -2.33. The number of nitrogens with zero attached hydrogens (tertiary/aromatic N) is 2. The van der Waals surface area contributed by atoms with Crippen LogP contribution in [-0.4, -0.2) is 39.6 Å². The number of likely N-dealkylation sites (tertiary alicyclic amines) is 1. The van der Waals surface area contributed by atoms with Gasteiger partial charge in [0.2, 0.25) is 0 Å². The highest BCUT2D eigenvalue weighted by atomic mass is 16.4. The van der Waals surface area contributed by atoms with E-state index in [-0.39, 0.29) is 5.54 Å². The molecule has 4 nitrogen and oxygen atoms in total. The minimum Gasteiger partial charge on any atom is -0.465 e. The van der Waals surface area contributed by atoms with E-state index in [4.69, 9.17) is 0 Å². The molecular weight excluding hydrogens is 252 g/mol. The Morgan fingerprint density at radius 2 is 1.75 bits per heavy atom. The first-order valence-corrected chi connectivity index (χ1v) is 7.17. The van der Waals surface area contributed by atoms with Crippen LogP contribution in [0.3, 0.4) is 0 Å². The quantitative estimate of drug-likeness (QED) is 0.918. The predicted octanol–water partition coefficient (Wildman–Crippen LogP) is 3.17. The first-order chi connectivity index (χ1) is 9.36. The van der Waals surface area contributed by atoms with Crippen LogP contribution in [0.5, 0.6) is 0 Å². The van der Waals surface area contributed by atoms with Crippen LogP contribution in [-0.2, 0) is 13.1 Å². The van der Waals surface area contributed by atoms with E-state index in [1.54, 1.807) is 0 Å². The van der Waals surface area contributed by atoms with Crippen LogP contribution in [0.2, 0.25) is 0 Å². The van der Waals surface area contributed by atoms with Gasteiger partial charge in [-0.2, -0.15) is 0 Å². The Balaban J connectivity index is 1.99. The van der Waals surface area contributed by atoms with Crippen molar-refractivity contribution in [2.24, 2.45) is 0 Å². The zero-order valence-electron chi connectivity index (χ0n) is 12.6. The van der Waals surface area contributed by atoms with Crippen LogP contribution in [0.1, 0.15) is 38.3 Å². The molecule has 1 aliphatic rings. The average Bonchev–Trinajstić information content (AvgIpc) is 2.30. The fourth-order valence-electron chi connectivity index (χ4n) is 2.32. The molecule has 0 bridgehead atoms. The van der Waals surface area contributed by atoms with Gasteiger partial charge in [0.15, 0.2) is 0 Å². The van der Waals surface area contributed by atoms with Gasteiger partial charge in [0.25, 0.3) is 0 Å². The highest BCUT2D eigenvalue weighted by Gasteiger charge is 2.26. The Kier molecular flexibility index (Phi) is 4.33. The second-order valence-corrected chi connectivity index (χ2v) is 6.49. The van der Waals surface area contributed by atoms with Gasteiger partial charge < -0.3 is 5.11 Å². The van der Waals surface area contributed by atoms with Crippen molar-refractivity contribution in [3.8, 4) is 0 Å². The van der Waals surface area contributed by atoms with Crippen molar-refractivity contribution in [2.75, 3.05) is 13.1 Å². The van der Waals surface area contributed by atoms with Crippen molar-refractivity contribution in [3.05, 3.63) is 35.4 Å². The maximum absolute atomic E-state index is 11.3. The van der Waals surface area contributed by atoms with E-state index < -0.39 is 6.09 Å². The number of amides is 1. The third-order valence-corrected chi connectivity index (χ3v) is 3.76. The minimum absolute atomic E-state index is 0.387. The summed E-state index contributed by atoms with van der Waals surface area (Å²) in [6, 6.07) is 8.29. The molecule has 0 unspecified atom stereocenters. The summed E-state index contributed by atoms with van der Waals surface area (Å²) >= 11 is 0. The van der Waals surface area contributed by atoms with Crippen LogP contribution < -0.4 is 0 Å². The first kappa shape index (κ1) is 14.9. The highest BCUT2D eigenvalue weighted by molar-refractivity contribution is 5.66. The fourth-order valence-corrected chi connectivity index (χ4v) is 2.32. The van der Waals surface area contributed by atoms with Gasteiger partial charge in [0, 0.05) is 18.6 Å². The van der Waals surface area contributed by atoms with Crippen LogP contribution in [0.25, 0.3) is 0 Å². The molecule has 1 saturated heterocycles. The standard InChI is InChI=1S/C16H24N2O2/c1-16(2,3)18(15(19)20)12-14-7-5-13(6-8-14)11-17-9-4-10-17/h5-8H,4,9-12H2,1-3H3,(H,19,20). The molecule has 0 aromatic heterocycles. The van der Waals surface area contributed by atoms with Gasteiger partial charge in [0.05, 0.1) is 0 Å². The Hall–Kier alpha value is -1.55. The van der Waals surface area contributed by atoms with Gasteiger partial charge in [-0.3, -0.25) is 9.80 Å². The number of hydrogen-bond donors (Lipinski definition) is 1. The summed E-state index contributed by atoms with van der Waals surface area (Å²) in [5.74, 6) is 0. The molecule has 1 aliphatic heterocycles. The van der Waals surface area contributed by atoms with E-state index in [0.29, 0.717) is 6.54 Å². The summed E-state index contributed by atoms with van der Waals surface area (Å²) in [7, 11) is 0. The molecule has 2 rings (SSSR count). The van der Waals surface area contributed by atoms with E-state index in [9.17, 15) is 9.90 Å². The van der Waals surface area contributed by atoms with Gasteiger partial charge >= 0.3 is 6.09 Å². The van der Waals surface area contributed by atoms with Gasteiger partial charge in [0.1, 0.15) is 0 Å². The summed E-state index contributed by atoms with van der Waals surface area (Å²) in [4.78, 5) is 15.2. The van der Waals surface area contributed by atoms with E-state index >= 15 is 0 Å². The second kappa shape index (κ2) is 5.83. The molecule has 1 heterocycles. The molecule has 0 radical (unpaired) electrons. The van der Waals surface area contributed by atoms with Crippen molar-refractivity contribution < 1.29 is 9.90 Å². The molecule has 110 valence electrons. The molecule has 1 amide bonds. The van der Waals surface area contributed by atoms with Crippen molar-refractivity contribution in [2.45, 2.75) is 45.8 Å². The molecule has 1 fully saturated rings. The van der Waals surface area contributed by atoms with E-state index in [0.717, 1.165) is 12.1 Å². The normalized spacial score (nSPS) is 15.8. The molecule has 0 aliphatic carbocycles. The number of hydrogen-bond acceptors (Lipinski definition) is 2. The Morgan fingerprint density at radius 3 is 2.15 bits per heavy atom. The van der Waals surface area contributed by atoms with E-state index in [1.165, 1.54) is 30.0 Å². The summed E-state index contributed by atoms with van der Waals surface area (Å²) in [6.45, 7) is 9.57. The molecule has 1 N–H and O–H groups in total. The maximum Gasteiger partial charge on any atom is 0.408 e. The predicted molar refractivity (Wildman–Crippen MR) is 79.7 cm³/mol. The van der Waals surface area contributed by atoms with Crippen LogP contribution in [0.15, 0.2) is 24.3 Å². The molecule has 0 atom stereocenters. The average molecular weight is 276 g/mol. The van der Waals surface area contributed by atoms with Gasteiger partial charge in [-0.15, -0.1) is 0 Å². The Bertz CT molecular complexity index is 458. The van der Waals surface area contributed by atoms with Gasteiger partial charge in [-0.25, -0.2) is 4.79 Å². The topological polar surface area (TPSA) is 43.8 Å². The molecule has 0 saturated carbocycles. The zero-order chi connectivity index (χ0) is 14.8. The highest BCUT2D eigenvalue weighted by Crippen LogP contribution is 2.19. The smallest absolute Gasteiger partial charge is 0.408 e. The molecule has 20 heavy (non-hydrogen) atoms. The first-order valence-electron chi connectivity index (χ1n) is 7.17. The fraction of sp³-hybridized carbons (Fsp3) is 0.562. The Labute approximate surface area is 121 Å². The van der Waals surface area contributed by atoms with Crippen LogP contribution in [0, 0.1) is 0 Å². The van der Waals surface area contributed by atoms with Gasteiger partial charge in [-0.1, -0.05) is 24.3 Å². The summed E-state index contributed by atoms with van der Waals surface area (Å²) in [6.07, 6.45) is 0.430. The molecular formula is C16H24N2O2. The number of benzene rings is 1. The SMILES string of the molecule is CC(C)(C)N(Cc1ccc(CN2CCC2)cc1)C(=O)O. The summed E-state index contributed by atoms with van der Waals surface area (Å²) < 4.78 is 0. The number of carbonyl (C=O) groups is 1. The van der Waals surface area contributed by atoms with Crippen LogP contribution >= 0.6 is 0 Å². The van der Waals surface area contributed by atoms with Crippen LogP contribution in [0.4, 0.5) is 4.79 Å². The third kappa shape index (κ3) is 3.73. The molecule has 0 spiro atoms. The lowest BCUT2D eigenvalue weighted by molar-refractivity contribution is 0.0955. The van der Waals surface area contributed by atoms with Crippen molar-refractivity contribution >= 4 is 6.09 Å². The van der Waals surface area contributed by atoms with Gasteiger partial charge in [-0.05, 0) is 51.4 Å². The number of carboxylic acid groups (broad SMARTS) is 1. The maximum atomic E-state index is 11.3. The van der Waals surface area contributed by atoms with E-state index in [1.807, 2.05) is 32.9 Å². The van der Waals surface area contributed by atoms with E-state index in [2.05, 4.69) is 17.0 Å². The Morgan fingerprint density at radius 1 is 1.20 bits per heavy atom. The number of rotatable bonds is 4. The third-order valence-electron chi connectivity index (χ3n) is 3.76. The minimum atomic E-state index is -0.873. The lowest BCUT2D eigenvalue weighted by Crippen LogP contribution is -2.44. The second-order valence-electron chi connectivity index (χ2n) is 6.49.